The lowest BCUT2D eigenvalue weighted by Crippen LogP contribution is -2.42. The van der Waals surface area contributed by atoms with E-state index in [2.05, 4.69) is 10.3 Å². The molecule has 7 nitrogen and oxygen atoms in total. The summed E-state index contributed by atoms with van der Waals surface area (Å²) in [7, 11) is 0. The third-order valence-electron chi connectivity index (χ3n) is 6.10. The summed E-state index contributed by atoms with van der Waals surface area (Å²) < 4.78 is 25.5. The SMILES string of the molecule is CC(C)CNC(=O)c1coc(COc2ccc3c(c2)[C@H](c2cccc(F)c2)N(C(=O)C(C)C)CC3)n1. The van der Waals surface area contributed by atoms with E-state index >= 15 is 0 Å². The highest BCUT2D eigenvalue weighted by atomic mass is 19.1. The number of aromatic nitrogens is 1. The highest BCUT2D eigenvalue weighted by molar-refractivity contribution is 5.91. The van der Waals surface area contributed by atoms with E-state index in [1.165, 1.54) is 18.4 Å². The van der Waals surface area contributed by atoms with Crippen LogP contribution in [0.5, 0.6) is 5.75 Å². The van der Waals surface area contributed by atoms with Gasteiger partial charge >= 0.3 is 0 Å². The zero-order valence-corrected chi connectivity index (χ0v) is 21.1. The van der Waals surface area contributed by atoms with E-state index in [4.69, 9.17) is 9.15 Å². The molecule has 1 aliphatic rings. The maximum Gasteiger partial charge on any atom is 0.273 e. The van der Waals surface area contributed by atoms with Crippen LogP contribution in [0.4, 0.5) is 4.39 Å². The van der Waals surface area contributed by atoms with E-state index in [0.717, 1.165) is 11.1 Å². The van der Waals surface area contributed by atoms with Crippen LogP contribution in [0, 0.1) is 17.7 Å². The van der Waals surface area contributed by atoms with Crippen molar-refractivity contribution in [1.29, 1.82) is 0 Å². The van der Waals surface area contributed by atoms with Gasteiger partial charge in [-0.1, -0.05) is 45.9 Å². The maximum atomic E-state index is 14.1. The third kappa shape index (κ3) is 5.75. The molecule has 1 N–H and O–H groups in total. The van der Waals surface area contributed by atoms with Gasteiger partial charge in [-0.2, -0.15) is 0 Å². The lowest BCUT2D eigenvalue weighted by molar-refractivity contribution is -0.136. The van der Waals surface area contributed by atoms with Gasteiger partial charge in [0.25, 0.3) is 5.91 Å². The molecule has 0 bridgehead atoms. The van der Waals surface area contributed by atoms with Crippen LogP contribution in [0.25, 0.3) is 0 Å². The van der Waals surface area contributed by atoms with Gasteiger partial charge in [0.05, 0.1) is 6.04 Å². The fraction of sp³-hybridized carbons (Fsp3) is 0.393. The summed E-state index contributed by atoms with van der Waals surface area (Å²) in [5.41, 5.74) is 2.91. The molecule has 0 aliphatic carbocycles. The number of halogens is 1. The molecule has 0 saturated carbocycles. The van der Waals surface area contributed by atoms with Crippen molar-refractivity contribution in [3.8, 4) is 5.75 Å². The van der Waals surface area contributed by atoms with E-state index < -0.39 is 6.04 Å². The second-order valence-electron chi connectivity index (χ2n) is 9.77. The molecule has 0 radical (unpaired) electrons. The summed E-state index contributed by atoms with van der Waals surface area (Å²) in [5.74, 6) is 0.374. The fourth-order valence-electron chi connectivity index (χ4n) is 4.30. The second-order valence-corrected chi connectivity index (χ2v) is 9.77. The molecule has 0 fully saturated rings. The summed E-state index contributed by atoms with van der Waals surface area (Å²) in [6.07, 6.45) is 2.02. The van der Waals surface area contributed by atoms with Crippen molar-refractivity contribution in [2.24, 2.45) is 11.8 Å². The van der Waals surface area contributed by atoms with Gasteiger partial charge in [-0.05, 0) is 53.3 Å². The van der Waals surface area contributed by atoms with Gasteiger partial charge in [0.1, 0.15) is 17.8 Å². The Morgan fingerprint density at radius 3 is 2.72 bits per heavy atom. The summed E-state index contributed by atoms with van der Waals surface area (Å²) in [5, 5.41) is 2.80. The lowest BCUT2D eigenvalue weighted by atomic mass is 9.87. The average molecular weight is 494 g/mol. The zero-order chi connectivity index (χ0) is 25.8. The number of rotatable bonds is 8. The van der Waals surface area contributed by atoms with Crippen molar-refractivity contribution < 1.29 is 23.1 Å². The number of oxazole rings is 1. The Balaban J connectivity index is 1.56. The number of fused-ring (bicyclic) bond motifs is 1. The molecule has 36 heavy (non-hydrogen) atoms. The summed E-state index contributed by atoms with van der Waals surface area (Å²) in [6, 6.07) is 11.7. The van der Waals surface area contributed by atoms with Gasteiger partial charge in [-0.15, -0.1) is 0 Å². The fourth-order valence-corrected chi connectivity index (χ4v) is 4.30. The number of nitrogens with zero attached hydrogens (tertiary/aromatic N) is 2. The van der Waals surface area contributed by atoms with E-state index in [1.54, 1.807) is 6.07 Å². The maximum absolute atomic E-state index is 14.1. The second kappa shape index (κ2) is 10.9. The standard InChI is InChI=1S/C28H32FN3O4/c1-17(2)14-30-27(33)24-15-36-25(31-24)16-35-22-9-8-19-10-11-32(28(34)18(3)4)26(23(19)13-22)20-6-5-7-21(29)12-20/h5-9,12-13,15,17-18,26H,10-11,14,16H2,1-4H3,(H,30,33)/t26-/m0/s1. The summed E-state index contributed by atoms with van der Waals surface area (Å²) >= 11 is 0. The van der Waals surface area contributed by atoms with Crippen LogP contribution in [0.3, 0.4) is 0 Å². The van der Waals surface area contributed by atoms with Gasteiger partial charge in [0.15, 0.2) is 12.3 Å². The van der Waals surface area contributed by atoms with Gasteiger partial charge in [-0.25, -0.2) is 9.37 Å². The predicted octanol–water partition coefficient (Wildman–Crippen LogP) is 4.91. The number of ether oxygens (including phenoxy) is 1. The molecular weight excluding hydrogens is 461 g/mol. The molecular formula is C28H32FN3O4. The molecule has 8 heteroatoms. The minimum Gasteiger partial charge on any atom is -0.484 e. The molecule has 2 heterocycles. The molecule has 1 atom stereocenters. The molecule has 2 aromatic carbocycles. The van der Waals surface area contributed by atoms with Gasteiger partial charge in [0, 0.05) is 19.0 Å². The number of hydrogen-bond donors (Lipinski definition) is 1. The van der Waals surface area contributed by atoms with Crippen molar-refractivity contribution in [1.82, 2.24) is 15.2 Å². The van der Waals surface area contributed by atoms with Crippen molar-refractivity contribution >= 4 is 11.8 Å². The Bertz CT molecular complexity index is 1240. The van der Waals surface area contributed by atoms with Crippen LogP contribution in [-0.2, 0) is 17.8 Å². The first-order chi connectivity index (χ1) is 17.2. The first kappa shape index (κ1) is 25.4. The quantitative estimate of drug-likeness (QED) is 0.482. The van der Waals surface area contributed by atoms with Crippen molar-refractivity contribution in [2.75, 3.05) is 13.1 Å². The highest BCUT2D eigenvalue weighted by Gasteiger charge is 2.33. The Hall–Kier alpha value is -3.68. The van der Waals surface area contributed by atoms with E-state index in [-0.39, 0.29) is 41.7 Å². The Labute approximate surface area is 210 Å². The highest BCUT2D eigenvalue weighted by Crippen LogP contribution is 2.38. The van der Waals surface area contributed by atoms with Gasteiger partial charge < -0.3 is 19.4 Å². The lowest BCUT2D eigenvalue weighted by Gasteiger charge is -2.39. The summed E-state index contributed by atoms with van der Waals surface area (Å²) in [6.45, 7) is 8.91. The largest absolute Gasteiger partial charge is 0.484 e. The molecule has 190 valence electrons. The van der Waals surface area contributed by atoms with Crippen LogP contribution < -0.4 is 10.1 Å². The van der Waals surface area contributed by atoms with Crippen molar-refractivity contribution in [3.05, 3.63) is 82.8 Å². The van der Waals surface area contributed by atoms with Gasteiger partial charge in [-0.3, -0.25) is 9.59 Å². The summed E-state index contributed by atoms with van der Waals surface area (Å²) in [4.78, 5) is 31.3. The number of hydrogen-bond acceptors (Lipinski definition) is 5. The van der Waals surface area contributed by atoms with Gasteiger partial charge in [0.2, 0.25) is 11.8 Å². The molecule has 1 aromatic heterocycles. The predicted molar refractivity (Wildman–Crippen MR) is 133 cm³/mol. The zero-order valence-electron chi connectivity index (χ0n) is 21.1. The number of amides is 2. The molecule has 0 spiro atoms. The van der Waals surface area contributed by atoms with Crippen LogP contribution in [0.2, 0.25) is 0 Å². The molecule has 0 unspecified atom stereocenters. The Kier molecular flexibility index (Phi) is 7.72. The topological polar surface area (TPSA) is 84.7 Å². The van der Waals surface area contributed by atoms with Crippen LogP contribution in [0.1, 0.15) is 66.8 Å². The molecule has 4 rings (SSSR count). The number of carbonyl (C=O) groups excluding carboxylic acids is 2. The number of carbonyl (C=O) groups is 2. The van der Waals surface area contributed by atoms with Crippen LogP contribution >= 0.6 is 0 Å². The smallest absolute Gasteiger partial charge is 0.273 e. The monoisotopic (exact) mass is 493 g/mol. The molecule has 2 amide bonds. The average Bonchev–Trinajstić information content (AvgIpc) is 3.34. The molecule has 0 saturated heterocycles. The Morgan fingerprint density at radius 1 is 1.19 bits per heavy atom. The van der Waals surface area contributed by atoms with Crippen molar-refractivity contribution in [2.45, 2.75) is 46.8 Å². The first-order valence-electron chi connectivity index (χ1n) is 12.3. The van der Waals surface area contributed by atoms with Crippen LogP contribution in [-0.4, -0.2) is 34.8 Å². The van der Waals surface area contributed by atoms with Crippen LogP contribution in [0.15, 0.2) is 53.1 Å². The normalized spacial score (nSPS) is 15.2. The Morgan fingerprint density at radius 2 is 2.00 bits per heavy atom. The van der Waals surface area contributed by atoms with E-state index in [1.807, 2.05) is 56.9 Å². The first-order valence-corrected chi connectivity index (χ1v) is 12.3. The molecule has 1 aliphatic heterocycles. The minimum atomic E-state index is -0.416. The minimum absolute atomic E-state index is 0.0179. The molecule has 3 aromatic rings. The van der Waals surface area contributed by atoms with E-state index in [0.29, 0.717) is 36.7 Å². The number of nitrogens with one attached hydrogen (secondary N) is 1. The van der Waals surface area contributed by atoms with Crippen molar-refractivity contribution in [3.63, 3.8) is 0 Å². The third-order valence-corrected chi connectivity index (χ3v) is 6.10. The number of benzene rings is 2. The van der Waals surface area contributed by atoms with E-state index in [9.17, 15) is 14.0 Å².